The fourth-order valence-electron chi connectivity index (χ4n) is 1.40. The Hall–Kier alpha value is -1.06. The van der Waals surface area contributed by atoms with Crippen LogP contribution in [0, 0.1) is 6.92 Å². The highest BCUT2D eigenvalue weighted by Gasteiger charge is 2.31. The monoisotopic (exact) mass is 255 g/mol. The Morgan fingerprint density at radius 3 is 2.71 bits per heavy atom. The van der Waals surface area contributed by atoms with E-state index in [1.54, 1.807) is 19.1 Å². The van der Waals surface area contributed by atoms with Gasteiger partial charge in [0, 0.05) is 17.8 Å². The molecule has 0 spiro atoms. The molecular weight excluding hydrogens is 238 g/mol. The van der Waals surface area contributed by atoms with E-state index in [0.29, 0.717) is 11.4 Å². The van der Waals surface area contributed by atoms with Crippen molar-refractivity contribution in [3.63, 3.8) is 0 Å². The molecule has 0 bridgehead atoms. The van der Waals surface area contributed by atoms with Crippen LogP contribution in [-0.4, -0.2) is 18.6 Å². The van der Waals surface area contributed by atoms with Gasteiger partial charge < -0.3 is 10.1 Å². The Kier molecular flexibility index (Phi) is 4.54. The molecule has 1 aromatic rings. The summed E-state index contributed by atoms with van der Waals surface area (Å²) in [5.74, 6) is -0.159. The standard InChI is InChI=1S/C13H18ClNO2/c1-5-13(3,17-4)12(16)15-11-8-6-7-10(14)9(11)2/h6-8H,5H2,1-4H3,(H,15,16). The van der Waals surface area contributed by atoms with E-state index in [0.717, 1.165) is 11.3 Å². The molecule has 1 amide bonds. The third kappa shape index (κ3) is 2.99. The first-order chi connectivity index (χ1) is 7.94. The third-order valence-electron chi connectivity index (χ3n) is 3.12. The topological polar surface area (TPSA) is 38.3 Å². The van der Waals surface area contributed by atoms with E-state index in [4.69, 9.17) is 16.3 Å². The highest BCUT2D eigenvalue weighted by atomic mass is 35.5. The maximum Gasteiger partial charge on any atom is 0.256 e. The molecule has 17 heavy (non-hydrogen) atoms. The second-order valence-corrected chi connectivity index (χ2v) is 4.56. The van der Waals surface area contributed by atoms with Crippen molar-refractivity contribution in [1.82, 2.24) is 0 Å². The number of hydrogen-bond donors (Lipinski definition) is 1. The summed E-state index contributed by atoms with van der Waals surface area (Å²) in [6.45, 7) is 5.55. The van der Waals surface area contributed by atoms with Crippen LogP contribution in [-0.2, 0) is 9.53 Å². The van der Waals surface area contributed by atoms with Gasteiger partial charge in [-0.1, -0.05) is 24.6 Å². The molecule has 0 heterocycles. The van der Waals surface area contributed by atoms with Crippen LogP contribution in [0.25, 0.3) is 0 Å². The Morgan fingerprint density at radius 2 is 2.18 bits per heavy atom. The van der Waals surface area contributed by atoms with Crippen molar-refractivity contribution in [3.8, 4) is 0 Å². The van der Waals surface area contributed by atoms with Crippen LogP contribution in [0.5, 0.6) is 0 Å². The zero-order chi connectivity index (χ0) is 13.1. The van der Waals surface area contributed by atoms with Gasteiger partial charge in [-0.25, -0.2) is 0 Å². The highest BCUT2D eigenvalue weighted by Crippen LogP contribution is 2.25. The molecule has 0 aliphatic heterocycles. The molecule has 0 aliphatic rings. The van der Waals surface area contributed by atoms with Crippen LogP contribution in [0.3, 0.4) is 0 Å². The van der Waals surface area contributed by atoms with Crippen molar-refractivity contribution < 1.29 is 9.53 Å². The first kappa shape index (κ1) is 14.0. The molecule has 0 aliphatic carbocycles. The van der Waals surface area contributed by atoms with Gasteiger partial charge in [-0.2, -0.15) is 0 Å². The summed E-state index contributed by atoms with van der Waals surface area (Å²) in [6, 6.07) is 5.42. The zero-order valence-corrected chi connectivity index (χ0v) is 11.4. The summed E-state index contributed by atoms with van der Waals surface area (Å²) < 4.78 is 5.25. The molecule has 94 valence electrons. The van der Waals surface area contributed by atoms with E-state index in [-0.39, 0.29) is 5.91 Å². The van der Waals surface area contributed by atoms with Crippen molar-refractivity contribution in [2.45, 2.75) is 32.8 Å². The predicted molar refractivity (Wildman–Crippen MR) is 70.5 cm³/mol. The van der Waals surface area contributed by atoms with E-state index in [1.807, 2.05) is 19.9 Å². The van der Waals surface area contributed by atoms with Gasteiger partial charge in [0.2, 0.25) is 0 Å². The largest absolute Gasteiger partial charge is 0.369 e. The van der Waals surface area contributed by atoms with Gasteiger partial charge in [0.15, 0.2) is 0 Å². The third-order valence-corrected chi connectivity index (χ3v) is 3.53. The van der Waals surface area contributed by atoms with Crippen LogP contribution >= 0.6 is 11.6 Å². The van der Waals surface area contributed by atoms with Gasteiger partial charge >= 0.3 is 0 Å². The number of anilines is 1. The van der Waals surface area contributed by atoms with Gasteiger partial charge in [0.1, 0.15) is 5.60 Å². The van der Waals surface area contributed by atoms with E-state index in [1.165, 1.54) is 7.11 Å². The van der Waals surface area contributed by atoms with Crippen molar-refractivity contribution >= 4 is 23.2 Å². The van der Waals surface area contributed by atoms with Gasteiger partial charge in [-0.15, -0.1) is 0 Å². The number of nitrogens with one attached hydrogen (secondary N) is 1. The van der Waals surface area contributed by atoms with Gasteiger partial charge in [0.05, 0.1) is 0 Å². The zero-order valence-electron chi connectivity index (χ0n) is 10.6. The summed E-state index contributed by atoms with van der Waals surface area (Å²) in [5.41, 5.74) is 0.769. The quantitative estimate of drug-likeness (QED) is 0.896. The van der Waals surface area contributed by atoms with Crippen molar-refractivity contribution in [3.05, 3.63) is 28.8 Å². The molecule has 1 atom stereocenters. The molecule has 1 aromatic carbocycles. The van der Waals surface area contributed by atoms with Crippen LogP contribution in [0.2, 0.25) is 5.02 Å². The Morgan fingerprint density at radius 1 is 1.53 bits per heavy atom. The summed E-state index contributed by atoms with van der Waals surface area (Å²) in [5, 5.41) is 3.48. The Labute approximate surface area is 107 Å². The van der Waals surface area contributed by atoms with Gasteiger partial charge in [-0.05, 0) is 38.0 Å². The lowest BCUT2D eigenvalue weighted by Crippen LogP contribution is -2.41. The molecule has 3 nitrogen and oxygen atoms in total. The average Bonchev–Trinajstić information content (AvgIpc) is 2.33. The Bertz CT molecular complexity index is 414. The van der Waals surface area contributed by atoms with Gasteiger partial charge in [-0.3, -0.25) is 4.79 Å². The van der Waals surface area contributed by atoms with E-state index >= 15 is 0 Å². The molecule has 0 aromatic heterocycles. The van der Waals surface area contributed by atoms with E-state index in [9.17, 15) is 4.79 Å². The molecule has 1 N–H and O–H groups in total. The number of rotatable bonds is 4. The smallest absolute Gasteiger partial charge is 0.256 e. The molecule has 4 heteroatoms. The normalized spacial score (nSPS) is 14.2. The van der Waals surface area contributed by atoms with Crippen LogP contribution in [0.1, 0.15) is 25.8 Å². The Balaban J connectivity index is 2.92. The maximum atomic E-state index is 12.1. The lowest BCUT2D eigenvalue weighted by molar-refractivity contribution is -0.136. The lowest BCUT2D eigenvalue weighted by atomic mass is 10.0. The number of halogens is 1. The second-order valence-electron chi connectivity index (χ2n) is 4.16. The fourth-order valence-corrected chi connectivity index (χ4v) is 1.57. The number of methoxy groups -OCH3 is 1. The summed E-state index contributed by atoms with van der Waals surface area (Å²) in [7, 11) is 1.54. The van der Waals surface area contributed by atoms with Crippen molar-refractivity contribution in [1.29, 1.82) is 0 Å². The average molecular weight is 256 g/mol. The molecular formula is C13H18ClNO2. The summed E-state index contributed by atoms with van der Waals surface area (Å²) in [4.78, 5) is 12.1. The minimum absolute atomic E-state index is 0.159. The number of ether oxygens (including phenoxy) is 1. The number of benzene rings is 1. The fraction of sp³-hybridized carbons (Fsp3) is 0.462. The summed E-state index contributed by atoms with van der Waals surface area (Å²) in [6.07, 6.45) is 0.606. The van der Waals surface area contributed by atoms with Crippen molar-refractivity contribution in [2.24, 2.45) is 0 Å². The first-order valence-electron chi connectivity index (χ1n) is 5.56. The predicted octanol–water partition coefficient (Wildman–Crippen LogP) is 3.40. The minimum atomic E-state index is -0.811. The number of amides is 1. The minimum Gasteiger partial charge on any atom is -0.369 e. The second kappa shape index (κ2) is 5.52. The summed E-state index contributed by atoms with van der Waals surface area (Å²) >= 11 is 6.00. The molecule has 1 rings (SSSR count). The van der Waals surface area contributed by atoms with E-state index < -0.39 is 5.60 Å². The molecule has 1 unspecified atom stereocenters. The molecule has 0 saturated carbocycles. The lowest BCUT2D eigenvalue weighted by Gasteiger charge is -2.25. The molecule has 0 saturated heterocycles. The molecule has 0 fully saturated rings. The van der Waals surface area contributed by atoms with Crippen LogP contribution in [0.15, 0.2) is 18.2 Å². The first-order valence-corrected chi connectivity index (χ1v) is 5.94. The number of hydrogen-bond acceptors (Lipinski definition) is 2. The number of carbonyl (C=O) groups excluding carboxylic acids is 1. The SMILES string of the molecule is CCC(C)(OC)C(=O)Nc1cccc(Cl)c1C. The highest BCUT2D eigenvalue weighted by molar-refractivity contribution is 6.31. The van der Waals surface area contributed by atoms with E-state index in [2.05, 4.69) is 5.32 Å². The van der Waals surface area contributed by atoms with Gasteiger partial charge in [0.25, 0.3) is 5.91 Å². The number of carbonyl (C=O) groups is 1. The van der Waals surface area contributed by atoms with Crippen molar-refractivity contribution in [2.75, 3.05) is 12.4 Å². The molecule has 0 radical (unpaired) electrons. The maximum absolute atomic E-state index is 12.1. The van der Waals surface area contributed by atoms with Crippen LogP contribution in [0.4, 0.5) is 5.69 Å². The van der Waals surface area contributed by atoms with Crippen LogP contribution < -0.4 is 5.32 Å².